The molecule has 26 heavy (non-hydrogen) atoms. The smallest absolute Gasteiger partial charge is 0.238 e. The fourth-order valence-corrected chi connectivity index (χ4v) is 2.68. The summed E-state index contributed by atoms with van der Waals surface area (Å²) in [5.74, 6) is -0.0913. The molecule has 6 heteroatoms. The Kier molecular flexibility index (Phi) is 8.38. The lowest BCUT2D eigenvalue weighted by atomic mass is 10.1. The highest BCUT2D eigenvalue weighted by atomic mass is 35.5. The van der Waals surface area contributed by atoms with E-state index < -0.39 is 0 Å². The predicted octanol–water partition coefficient (Wildman–Crippen LogP) is 3.57. The molecule has 138 valence electrons. The number of hydrazine groups is 1. The van der Waals surface area contributed by atoms with Crippen molar-refractivity contribution in [3.05, 3.63) is 70.2 Å². The second-order valence-corrected chi connectivity index (χ2v) is 6.82. The first kappa shape index (κ1) is 20.2. The lowest BCUT2D eigenvalue weighted by molar-refractivity contribution is -0.121. The van der Waals surface area contributed by atoms with Gasteiger partial charge in [-0.1, -0.05) is 54.9 Å². The molecule has 3 N–H and O–H groups in total. The second-order valence-electron chi connectivity index (χ2n) is 5.98. The molecule has 2 aromatic carbocycles. The Morgan fingerprint density at radius 3 is 2.15 bits per heavy atom. The summed E-state index contributed by atoms with van der Waals surface area (Å²) in [6.45, 7) is 2.80. The van der Waals surface area contributed by atoms with Crippen LogP contribution < -0.4 is 16.2 Å². The van der Waals surface area contributed by atoms with Gasteiger partial charge < -0.3 is 5.32 Å². The van der Waals surface area contributed by atoms with Crippen LogP contribution in [-0.4, -0.2) is 17.6 Å². The van der Waals surface area contributed by atoms with Crippen LogP contribution in [0.5, 0.6) is 0 Å². The summed E-state index contributed by atoms with van der Waals surface area (Å²) in [6.07, 6.45) is 2.95. The number of halogens is 1. The molecule has 0 saturated heterocycles. The molecule has 0 heterocycles. The Morgan fingerprint density at radius 1 is 0.923 bits per heavy atom. The molecule has 0 aliphatic heterocycles. The van der Waals surface area contributed by atoms with Gasteiger partial charge in [-0.05, 0) is 60.3 Å². The number of amides is 1. The Bertz CT molecular complexity index is 717. The van der Waals surface area contributed by atoms with Crippen molar-refractivity contribution in [3.63, 3.8) is 0 Å². The zero-order chi connectivity index (χ0) is 18.8. The van der Waals surface area contributed by atoms with E-state index in [1.807, 2.05) is 24.3 Å². The normalized spacial score (nSPS) is 10.2. The van der Waals surface area contributed by atoms with Crippen molar-refractivity contribution in [2.24, 2.45) is 0 Å². The minimum absolute atomic E-state index is 0.0913. The summed E-state index contributed by atoms with van der Waals surface area (Å²) < 4.78 is 0. The third kappa shape index (κ3) is 7.42. The molecule has 4 nitrogen and oxygen atoms in total. The topological polar surface area (TPSA) is 53.2 Å². The molecular formula is C20H24ClN3OS. The largest absolute Gasteiger partial charge is 0.361 e. The Balaban J connectivity index is 1.60. The highest BCUT2D eigenvalue weighted by Gasteiger charge is 2.03. The van der Waals surface area contributed by atoms with E-state index in [1.54, 1.807) is 0 Å². The van der Waals surface area contributed by atoms with Gasteiger partial charge in [0.25, 0.3) is 0 Å². The van der Waals surface area contributed by atoms with Gasteiger partial charge in [-0.15, -0.1) is 0 Å². The number of carbonyl (C=O) groups excluding carboxylic acids is 1. The number of nitrogens with one attached hydrogen (secondary N) is 3. The lowest BCUT2D eigenvalue weighted by Crippen LogP contribution is -2.47. The average Bonchev–Trinajstić information content (AvgIpc) is 2.66. The summed E-state index contributed by atoms with van der Waals surface area (Å²) in [5.41, 5.74) is 8.98. The molecule has 0 atom stereocenters. The molecule has 0 radical (unpaired) electrons. The van der Waals surface area contributed by atoms with Gasteiger partial charge in [0.2, 0.25) is 5.91 Å². The van der Waals surface area contributed by atoms with Crippen LogP contribution in [0.1, 0.15) is 30.0 Å². The Hall–Kier alpha value is -2.11. The van der Waals surface area contributed by atoms with Gasteiger partial charge in [0.05, 0.1) is 0 Å². The zero-order valence-electron chi connectivity index (χ0n) is 14.8. The first-order chi connectivity index (χ1) is 12.6. The average molecular weight is 390 g/mol. The maximum atomic E-state index is 11.9. The number of hydrogen-bond donors (Lipinski definition) is 3. The fraction of sp³-hybridized carbons (Fsp3) is 0.300. The molecule has 2 rings (SSSR count). The van der Waals surface area contributed by atoms with E-state index in [-0.39, 0.29) is 5.91 Å². The van der Waals surface area contributed by atoms with Gasteiger partial charge in [0.1, 0.15) is 0 Å². The number of rotatable bonds is 7. The highest BCUT2D eigenvalue weighted by molar-refractivity contribution is 7.80. The van der Waals surface area contributed by atoms with Gasteiger partial charge in [-0.25, -0.2) is 0 Å². The van der Waals surface area contributed by atoms with Crippen molar-refractivity contribution in [1.82, 2.24) is 16.2 Å². The van der Waals surface area contributed by atoms with E-state index in [1.165, 1.54) is 11.1 Å². The molecule has 0 unspecified atom stereocenters. The van der Waals surface area contributed by atoms with Crippen LogP contribution in [0.2, 0.25) is 5.02 Å². The third-order valence-electron chi connectivity index (χ3n) is 4.00. The highest BCUT2D eigenvalue weighted by Crippen LogP contribution is 2.09. The van der Waals surface area contributed by atoms with E-state index in [0.717, 1.165) is 23.4 Å². The quantitative estimate of drug-likeness (QED) is 0.500. The fourth-order valence-electron chi connectivity index (χ4n) is 2.40. The van der Waals surface area contributed by atoms with Crippen molar-refractivity contribution in [2.75, 3.05) is 6.54 Å². The van der Waals surface area contributed by atoms with Crippen molar-refractivity contribution >= 4 is 34.8 Å². The van der Waals surface area contributed by atoms with Gasteiger partial charge in [-0.3, -0.25) is 15.6 Å². The Morgan fingerprint density at radius 2 is 1.50 bits per heavy atom. The standard InChI is InChI=1S/C20H24ClN3OS/c1-2-15-3-5-16(6-4-15)9-12-19(25)23-24-20(26)22-14-13-17-7-10-18(21)11-8-17/h3-8,10-11H,2,9,12-14H2,1H3,(H,23,25)(H2,22,24,26). The molecule has 0 saturated carbocycles. The number of hydrogen-bond acceptors (Lipinski definition) is 2. The SMILES string of the molecule is CCc1ccc(CCC(=O)NNC(=S)NCCc2ccc(Cl)cc2)cc1. The Labute approximate surface area is 165 Å². The lowest BCUT2D eigenvalue weighted by Gasteiger charge is -2.11. The van der Waals surface area contributed by atoms with Crippen LogP contribution in [0.25, 0.3) is 0 Å². The molecule has 0 aromatic heterocycles. The molecule has 0 spiro atoms. The summed E-state index contributed by atoms with van der Waals surface area (Å²) in [4.78, 5) is 11.9. The summed E-state index contributed by atoms with van der Waals surface area (Å²) in [6, 6.07) is 16.0. The maximum absolute atomic E-state index is 11.9. The van der Waals surface area contributed by atoms with Crippen LogP contribution in [0, 0.1) is 0 Å². The van der Waals surface area contributed by atoms with E-state index in [2.05, 4.69) is 47.4 Å². The minimum atomic E-state index is -0.0913. The number of thiocarbonyl (C=S) groups is 1. The first-order valence-corrected chi connectivity index (χ1v) is 9.50. The van der Waals surface area contributed by atoms with Crippen molar-refractivity contribution < 1.29 is 4.79 Å². The van der Waals surface area contributed by atoms with Crippen molar-refractivity contribution in [1.29, 1.82) is 0 Å². The van der Waals surface area contributed by atoms with Crippen LogP contribution in [0.3, 0.4) is 0 Å². The van der Waals surface area contributed by atoms with Gasteiger partial charge in [0, 0.05) is 18.0 Å². The second kappa shape index (κ2) is 10.8. The van der Waals surface area contributed by atoms with Gasteiger partial charge >= 0.3 is 0 Å². The molecule has 2 aromatic rings. The number of carbonyl (C=O) groups is 1. The molecular weight excluding hydrogens is 366 g/mol. The molecule has 1 amide bonds. The van der Waals surface area contributed by atoms with Crippen LogP contribution in [0.4, 0.5) is 0 Å². The molecule has 0 aliphatic carbocycles. The molecule has 0 aliphatic rings. The van der Waals surface area contributed by atoms with Crippen LogP contribution in [-0.2, 0) is 24.1 Å². The van der Waals surface area contributed by atoms with E-state index in [0.29, 0.717) is 24.5 Å². The molecule has 0 bridgehead atoms. The van der Waals surface area contributed by atoms with Gasteiger partial charge in [0.15, 0.2) is 5.11 Å². The zero-order valence-corrected chi connectivity index (χ0v) is 16.4. The maximum Gasteiger partial charge on any atom is 0.238 e. The number of benzene rings is 2. The first-order valence-electron chi connectivity index (χ1n) is 8.71. The van der Waals surface area contributed by atoms with Crippen molar-refractivity contribution in [2.45, 2.75) is 32.6 Å². The van der Waals surface area contributed by atoms with Crippen LogP contribution >= 0.6 is 23.8 Å². The van der Waals surface area contributed by atoms with Crippen LogP contribution in [0.15, 0.2) is 48.5 Å². The minimum Gasteiger partial charge on any atom is -0.361 e. The van der Waals surface area contributed by atoms with E-state index in [9.17, 15) is 4.79 Å². The third-order valence-corrected chi connectivity index (χ3v) is 4.50. The summed E-state index contributed by atoms with van der Waals surface area (Å²) in [5, 5.41) is 4.19. The van der Waals surface area contributed by atoms with Crippen molar-refractivity contribution in [3.8, 4) is 0 Å². The molecule has 0 fully saturated rings. The van der Waals surface area contributed by atoms with E-state index in [4.69, 9.17) is 23.8 Å². The summed E-state index contributed by atoms with van der Waals surface area (Å²) >= 11 is 11.0. The monoisotopic (exact) mass is 389 g/mol. The summed E-state index contributed by atoms with van der Waals surface area (Å²) in [7, 11) is 0. The predicted molar refractivity (Wildman–Crippen MR) is 111 cm³/mol. The van der Waals surface area contributed by atoms with E-state index >= 15 is 0 Å². The number of aryl methyl sites for hydroxylation is 2. The van der Waals surface area contributed by atoms with Gasteiger partial charge in [-0.2, -0.15) is 0 Å².